The molecular weight excluding hydrogens is 2270 g/mol. The largest absolute Gasteiger partial charge is 0.477 e. The van der Waals surface area contributed by atoms with Crippen molar-refractivity contribution in [1.82, 2.24) is 49.8 Å². The van der Waals surface area contributed by atoms with E-state index in [1.807, 2.05) is 243 Å². The fraction of sp³-hybridized carbons (Fsp3) is 0.135. The number of hydrogen-bond acceptors (Lipinski definition) is 18. The van der Waals surface area contributed by atoms with Crippen molar-refractivity contribution in [2.24, 2.45) is 0 Å². The molecule has 22 heteroatoms. The molecule has 10 heterocycles. The van der Waals surface area contributed by atoms with Crippen molar-refractivity contribution in [3.8, 4) is 45.0 Å². The Morgan fingerprint density at radius 3 is 0.754 bits per heavy atom. The fourth-order valence-electron chi connectivity index (χ4n) is 15.5. The van der Waals surface area contributed by atoms with E-state index < -0.39 is 0 Å². The molecule has 0 fully saturated rings. The molecule has 18 nitrogen and oxygen atoms in total. The van der Waals surface area contributed by atoms with Crippen LogP contribution in [0.2, 0.25) is 0 Å². The third-order valence-electron chi connectivity index (χ3n) is 21.9. The van der Waals surface area contributed by atoms with Gasteiger partial charge in [0, 0.05) is 161 Å². The molecule has 6 aromatic heterocycles. The summed E-state index contributed by atoms with van der Waals surface area (Å²) in [6.07, 6.45) is 9.36. The molecule has 0 bridgehead atoms. The second-order valence-corrected chi connectivity index (χ2v) is 31.9. The third-order valence-corrected chi connectivity index (χ3v) is 21.9. The SMILES string of the molecule is CC(C)c1nc2c(nc1C(C)C)N(c1ccccc1)[CH-]N2c1[c-]cccc1.CC1(C)CCC(C)(C)c2nc3c(nc21)N(c1[c-]cccc1)[CH-]N3c1ccccc1.[Ir].[Ir].[Ir].[Ir].[c-]1ccccc1N1[CH-]N(c2ccccc2)c2nc(-c3ccccc3)c(-c3ccccc3)nc21.[c-]1ccccc1N1[CH-]N(c2ccccc2)c2nc(-c3cccnc3)c(-c3cccnc3)nc21. The Morgan fingerprint density at radius 1 is 0.262 bits per heavy atom. The Hall–Kier alpha value is -12.2. The second kappa shape index (κ2) is 40.0. The molecule has 10 aromatic carbocycles. The molecular formula is C104H88Ir4N18-8. The molecule has 126 heavy (non-hydrogen) atoms. The number of para-hydroxylation sites is 8. The monoisotopic (exact) mass is 2360 g/mol. The first-order valence-corrected chi connectivity index (χ1v) is 41.1. The minimum Gasteiger partial charge on any atom is -0.477 e. The van der Waals surface area contributed by atoms with Gasteiger partial charge in [0.25, 0.3) is 0 Å². The van der Waals surface area contributed by atoms with Crippen molar-refractivity contribution in [2.45, 2.75) is 90.9 Å². The molecule has 0 spiro atoms. The van der Waals surface area contributed by atoms with Crippen LogP contribution in [0.5, 0.6) is 0 Å². The zero-order chi connectivity index (χ0) is 83.3. The summed E-state index contributed by atoms with van der Waals surface area (Å²) in [6, 6.07) is 114. The third kappa shape index (κ3) is 18.7. The van der Waals surface area contributed by atoms with Gasteiger partial charge in [-0.2, -0.15) is 121 Å². The van der Waals surface area contributed by atoms with Crippen molar-refractivity contribution in [2.75, 3.05) is 39.2 Å². The van der Waals surface area contributed by atoms with Crippen LogP contribution in [0, 0.1) is 50.9 Å². The Bertz CT molecular complexity index is 5660. The maximum Gasteiger partial charge on any atom is 0.146 e. The molecule has 1 aliphatic carbocycles. The summed E-state index contributed by atoms with van der Waals surface area (Å²) in [5.74, 6) is 7.15. The van der Waals surface area contributed by atoms with Crippen LogP contribution in [0.4, 0.5) is 92.0 Å². The van der Waals surface area contributed by atoms with E-state index in [0.717, 1.165) is 173 Å². The molecule has 638 valence electrons. The second-order valence-electron chi connectivity index (χ2n) is 31.9. The maximum atomic E-state index is 5.25. The van der Waals surface area contributed by atoms with Gasteiger partial charge in [-0.1, -0.05) is 189 Å². The van der Waals surface area contributed by atoms with E-state index in [4.69, 9.17) is 39.9 Å². The van der Waals surface area contributed by atoms with E-state index in [1.165, 1.54) is 0 Å². The van der Waals surface area contributed by atoms with Gasteiger partial charge < -0.3 is 39.2 Å². The van der Waals surface area contributed by atoms with Gasteiger partial charge in [-0.25, -0.2) is 39.9 Å². The summed E-state index contributed by atoms with van der Waals surface area (Å²) < 4.78 is 0. The van der Waals surface area contributed by atoms with Crippen LogP contribution in [0.15, 0.2) is 328 Å². The van der Waals surface area contributed by atoms with Crippen molar-refractivity contribution < 1.29 is 80.4 Å². The van der Waals surface area contributed by atoms with Crippen molar-refractivity contribution in [3.63, 3.8) is 0 Å². The average molecular weight is 2360 g/mol. The predicted molar refractivity (Wildman–Crippen MR) is 490 cm³/mol. The molecule has 0 saturated heterocycles. The Balaban J connectivity index is 0.000000135. The van der Waals surface area contributed by atoms with Gasteiger partial charge in [0.15, 0.2) is 0 Å². The first-order valence-electron chi connectivity index (χ1n) is 41.1. The number of aromatic nitrogens is 10. The quantitative estimate of drug-likeness (QED) is 0.0947. The van der Waals surface area contributed by atoms with Gasteiger partial charge >= 0.3 is 0 Å². The molecule has 0 amide bonds. The molecule has 4 radical (unpaired) electrons. The zero-order valence-corrected chi connectivity index (χ0v) is 80.0. The summed E-state index contributed by atoms with van der Waals surface area (Å²) in [7, 11) is 0. The summed E-state index contributed by atoms with van der Waals surface area (Å²) in [4.78, 5) is 66.6. The average Bonchev–Trinajstić information content (AvgIpc) is 1.50. The van der Waals surface area contributed by atoms with Crippen molar-refractivity contribution >= 4 is 92.0 Å². The summed E-state index contributed by atoms with van der Waals surface area (Å²) in [6.45, 7) is 26.0. The molecule has 4 aliphatic heterocycles. The molecule has 0 N–H and O–H groups in total. The Morgan fingerprint density at radius 2 is 0.492 bits per heavy atom. The van der Waals surface area contributed by atoms with Gasteiger partial charge in [-0.05, 0) is 97.5 Å². The first kappa shape index (κ1) is 90.1. The molecule has 0 atom stereocenters. The van der Waals surface area contributed by atoms with Crippen molar-refractivity contribution in [1.29, 1.82) is 0 Å². The molecule has 0 saturated carbocycles. The number of benzene rings is 10. The van der Waals surface area contributed by atoms with Gasteiger partial charge in [0.05, 0.1) is 34.2 Å². The van der Waals surface area contributed by atoms with Crippen LogP contribution >= 0.6 is 0 Å². The maximum absolute atomic E-state index is 5.25. The molecule has 5 aliphatic rings. The van der Waals surface area contributed by atoms with Crippen LogP contribution in [0.1, 0.15) is 103 Å². The minimum absolute atomic E-state index is 0. The first-order chi connectivity index (χ1) is 59.7. The topological polar surface area (TPSA) is 155 Å². The van der Waals surface area contributed by atoms with E-state index in [-0.39, 0.29) is 91.3 Å². The van der Waals surface area contributed by atoms with Crippen LogP contribution in [0.3, 0.4) is 0 Å². The smallest absolute Gasteiger partial charge is 0.146 e. The number of rotatable bonds is 14. The Kier molecular flexibility index (Phi) is 28.6. The number of fused-ring (bicyclic) bond motifs is 5. The number of anilines is 16. The van der Waals surface area contributed by atoms with E-state index in [0.29, 0.717) is 11.8 Å². The van der Waals surface area contributed by atoms with E-state index in [1.54, 1.807) is 12.4 Å². The number of nitrogens with zero attached hydrogens (tertiary/aromatic N) is 18. The molecule has 0 unspecified atom stereocenters. The summed E-state index contributed by atoms with van der Waals surface area (Å²) in [5.41, 5.74) is 19.4. The molecule has 16 aromatic rings. The summed E-state index contributed by atoms with van der Waals surface area (Å²) >= 11 is 0. The minimum atomic E-state index is 0. The van der Waals surface area contributed by atoms with Crippen LogP contribution in [-0.4, -0.2) is 49.8 Å². The fourth-order valence-corrected chi connectivity index (χ4v) is 15.5. The van der Waals surface area contributed by atoms with E-state index >= 15 is 0 Å². The van der Waals surface area contributed by atoms with E-state index in [9.17, 15) is 0 Å². The molecule has 21 rings (SSSR count). The zero-order valence-electron chi connectivity index (χ0n) is 70.4. The normalized spacial score (nSPS) is 13.9. The van der Waals surface area contributed by atoms with Crippen LogP contribution in [0.25, 0.3) is 45.0 Å². The van der Waals surface area contributed by atoms with Crippen LogP contribution < -0.4 is 39.2 Å². The van der Waals surface area contributed by atoms with Gasteiger partial charge in [0.2, 0.25) is 0 Å². The standard InChI is InChI=1S/C29H20N4.C27H18N6.C25H26N4.C23H24N4.4Ir/c1-5-13-22(14-6-1)26-27(23-15-7-2-8-16-23)31-29-28(30-26)32(24-17-9-3-10-18-24)21-33(29)25-19-11-4-12-20-25;1-3-11-22(12-4-1)32-19-33(23-13-5-2-6-14-23)27-26(32)30-24(20-9-7-15-28-17-20)25(31-27)21-10-8-16-29-18-21;1-24(2)15-16-25(3,4)21-20(24)26-22-23(27-21)29(19-13-9-6-10-14-19)17-28(22)18-11-7-5-8-12-18;1-16(2)20-21(17(3)4)25-23-22(24-20)26(18-11-7-5-8-12-18)15-27(23)19-13-9-6-10-14-19;;;;/h1-19,21H;1-13,15-19H;5-13,17H,15-16H2,1-4H3;5-13,15-17H,1-4H3;;;;/q4*-2;;;;. The van der Waals surface area contributed by atoms with E-state index in [2.05, 4.69) is 228 Å². The van der Waals surface area contributed by atoms with Gasteiger partial charge in [-0.15, -0.1) is 49.4 Å². The number of hydrogen-bond donors (Lipinski definition) is 0. The summed E-state index contributed by atoms with van der Waals surface area (Å²) in [5, 5.41) is 0. The van der Waals surface area contributed by atoms with Crippen LogP contribution in [-0.2, 0) is 91.3 Å². The predicted octanol–water partition coefficient (Wildman–Crippen LogP) is 24.8. The number of pyridine rings is 2. The van der Waals surface area contributed by atoms with Gasteiger partial charge in [0.1, 0.15) is 57.9 Å². The van der Waals surface area contributed by atoms with Crippen molar-refractivity contribution in [3.05, 3.63) is 402 Å². The van der Waals surface area contributed by atoms with Gasteiger partial charge in [-0.3, -0.25) is 9.97 Å². The Labute approximate surface area is 792 Å².